The first-order chi connectivity index (χ1) is 8.29. The summed E-state index contributed by atoms with van der Waals surface area (Å²) in [5, 5.41) is 0. The SMILES string of the molecule is NC[C@H]1CCCN(C(=O)CC2CCCCC2)C1. The molecule has 3 nitrogen and oxygen atoms in total. The molecule has 1 amide bonds. The molecule has 0 bridgehead atoms. The number of hydrogen-bond acceptors (Lipinski definition) is 2. The monoisotopic (exact) mass is 238 g/mol. The maximum Gasteiger partial charge on any atom is 0.222 e. The van der Waals surface area contributed by atoms with E-state index in [2.05, 4.69) is 4.90 Å². The second-order valence-corrected chi connectivity index (χ2v) is 5.79. The zero-order valence-electron chi connectivity index (χ0n) is 10.9. The quantitative estimate of drug-likeness (QED) is 0.819. The van der Waals surface area contributed by atoms with Crippen LogP contribution in [0.25, 0.3) is 0 Å². The predicted molar refractivity (Wildman–Crippen MR) is 69.6 cm³/mol. The smallest absolute Gasteiger partial charge is 0.222 e. The molecule has 3 heteroatoms. The average Bonchev–Trinajstić information content (AvgIpc) is 2.40. The first kappa shape index (κ1) is 12.9. The minimum Gasteiger partial charge on any atom is -0.342 e. The van der Waals surface area contributed by atoms with Crippen molar-refractivity contribution < 1.29 is 4.79 Å². The lowest BCUT2D eigenvalue weighted by atomic mass is 9.86. The lowest BCUT2D eigenvalue weighted by molar-refractivity contribution is -0.134. The number of carbonyl (C=O) groups excluding carboxylic acids is 1. The number of rotatable bonds is 3. The fourth-order valence-electron chi connectivity index (χ4n) is 3.25. The van der Waals surface area contributed by atoms with E-state index >= 15 is 0 Å². The number of nitrogens with two attached hydrogens (primary N) is 1. The number of carbonyl (C=O) groups is 1. The summed E-state index contributed by atoms with van der Waals surface area (Å²) >= 11 is 0. The Bertz CT molecular complexity index is 249. The summed E-state index contributed by atoms with van der Waals surface area (Å²) in [4.78, 5) is 14.3. The molecule has 17 heavy (non-hydrogen) atoms. The molecule has 0 spiro atoms. The van der Waals surface area contributed by atoms with Gasteiger partial charge < -0.3 is 10.6 Å². The second-order valence-electron chi connectivity index (χ2n) is 5.79. The lowest BCUT2D eigenvalue weighted by Gasteiger charge is -2.33. The van der Waals surface area contributed by atoms with Crippen molar-refractivity contribution in [1.82, 2.24) is 4.90 Å². The van der Waals surface area contributed by atoms with Crippen molar-refractivity contribution in [2.75, 3.05) is 19.6 Å². The van der Waals surface area contributed by atoms with Gasteiger partial charge in [0.25, 0.3) is 0 Å². The average molecular weight is 238 g/mol. The molecule has 2 rings (SSSR count). The van der Waals surface area contributed by atoms with Gasteiger partial charge in [0.15, 0.2) is 0 Å². The molecule has 1 saturated carbocycles. The third kappa shape index (κ3) is 3.70. The van der Waals surface area contributed by atoms with Gasteiger partial charge in [0.1, 0.15) is 0 Å². The van der Waals surface area contributed by atoms with Crippen LogP contribution in [0.4, 0.5) is 0 Å². The molecule has 0 aromatic heterocycles. The lowest BCUT2D eigenvalue weighted by Crippen LogP contribution is -2.42. The molecule has 2 fully saturated rings. The molecule has 0 aromatic carbocycles. The molecule has 98 valence electrons. The van der Waals surface area contributed by atoms with Crippen LogP contribution in [-0.2, 0) is 4.79 Å². The van der Waals surface area contributed by atoms with E-state index in [4.69, 9.17) is 5.73 Å². The molecule has 1 heterocycles. The van der Waals surface area contributed by atoms with Crippen LogP contribution in [0.2, 0.25) is 0 Å². The Morgan fingerprint density at radius 3 is 2.47 bits per heavy atom. The number of piperidine rings is 1. The van der Waals surface area contributed by atoms with Gasteiger partial charge in [0, 0.05) is 19.5 Å². The van der Waals surface area contributed by atoms with Crippen molar-refractivity contribution in [3.8, 4) is 0 Å². The van der Waals surface area contributed by atoms with E-state index in [1.54, 1.807) is 0 Å². The third-order valence-electron chi connectivity index (χ3n) is 4.39. The first-order valence-corrected chi connectivity index (χ1v) is 7.27. The molecule has 1 saturated heterocycles. The van der Waals surface area contributed by atoms with Crippen LogP contribution in [0.1, 0.15) is 51.4 Å². The molecule has 1 atom stereocenters. The molecule has 0 unspecified atom stereocenters. The van der Waals surface area contributed by atoms with Crippen molar-refractivity contribution in [1.29, 1.82) is 0 Å². The van der Waals surface area contributed by atoms with Crippen molar-refractivity contribution in [3.05, 3.63) is 0 Å². The van der Waals surface area contributed by atoms with Crippen molar-refractivity contribution >= 4 is 5.91 Å². The highest BCUT2D eigenvalue weighted by atomic mass is 16.2. The van der Waals surface area contributed by atoms with Crippen molar-refractivity contribution in [2.45, 2.75) is 51.4 Å². The maximum atomic E-state index is 12.2. The summed E-state index contributed by atoms with van der Waals surface area (Å²) < 4.78 is 0. The van der Waals surface area contributed by atoms with Crippen LogP contribution in [0.15, 0.2) is 0 Å². The van der Waals surface area contributed by atoms with E-state index < -0.39 is 0 Å². The minimum absolute atomic E-state index is 0.384. The van der Waals surface area contributed by atoms with Crippen LogP contribution in [0, 0.1) is 11.8 Å². The van der Waals surface area contributed by atoms with Gasteiger partial charge >= 0.3 is 0 Å². The first-order valence-electron chi connectivity index (χ1n) is 7.27. The number of hydrogen-bond donors (Lipinski definition) is 1. The van der Waals surface area contributed by atoms with Gasteiger partial charge in [-0.3, -0.25) is 4.79 Å². The molecular weight excluding hydrogens is 212 g/mol. The van der Waals surface area contributed by atoms with Gasteiger partial charge in [-0.1, -0.05) is 19.3 Å². The summed E-state index contributed by atoms with van der Waals surface area (Å²) in [6.45, 7) is 2.59. The summed E-state index contributed by atoms with van der Waals surface area (Å²) in [6, 6.07) is 0. The zero-order chi connectivity index (χ0) is 12.1. The van der Waals surface area contributed by atoms with Gasteiger partial charge in [-0.25, -0.2) is 0 Å². The van der Waals surface area contributed by atoms with Gasteiger partial charge in [0.05, 0.1) is 0 Å². The van der Waals surface area contributed by atoms with E-state index in [1.807, 2.05) is 0 Å². The Morgan fingerprint density at radius 2 is 1.76 bits per heavy atom. The molecule has 1 aliphatic heterocycles. The molecule has 0 aromatic rings. The fraction of sp³-hybridized carbons (Fsp3) is 0.929. The van der Waals surface area contributed by atoms with E-state index in [0.717, 1.165) is 32.5 Å². The largest absolute Gasteiger partial charge is 0.342 e. The van der Waals surface area contributed by atoms with Crippen molar-refractivity contribution in [3.63, 3.8) is 0 Å². The second kappa shape index (κ2) is 6.39. The molecular formula is C14H26N2O. The number of likely N-dealkylation sites (tertiary alicyclic amines) is 1. The van der Waals surface area contributed by atoms with Crippen LogP contribution in [0.3, 0.4) is 0 Å². The van der Waals surface area contributed by atoms with Crippen molar-refractivity contribution in [2.24, 2.45) is 17.6 Å². The summed E-state index contributed by atoms with van der Waals surface area (Å²) in [6.07, 6.45) is 9.66. The Balaban J connectivity index is 1.78. The minimum atomic E-state index is 0.384. The van der Waals surface area contributed by atoms with Gasteiger partial charge in [-0.15, -0.1) is 0 Å². The Hall–Kier alpha value is -0.570. The van der Waals surface area contributed by atoms with Gasteiger partial charge in [0.2, 0.25) is 5.91 Å². The van der Waals surface area contributed by atoms with Gasteiger partial charge in [-0.2, -0.15) is 0 Å². The standard InChI is InChI=1S/C14H26N2O/c15-10-13-7-4-8-16(11-13)14(17)9-12-5-2-1-3-6-12/h12-13H,1-11,15H2/t13-/m1/s1. The van der Waals surface area contributed by atoms with Gasteiger partial charge in [-0.05, 0) is 44.1 Å². The fourth-order valence-corrected chi connectivity index (χ4v) is 3.25. The van der Waals surface area contributed by atoms with E-state index in [0.29, 0.717) is 17.7 Å². The third-order valence-corrected chi connectivity index (χ3v) is 4.39. The predicted octanol–water partition coefficient (Wildman–Crippen LogP) is 2.15. The highest BCUT2D eigenvalue weighted by Crippen LogP contribution is 2.27. The topological polar surface area (TPSA) is 46.3 Å². The number of nitrogens with zero attached hydrogens (tertiary/aromatic N) is 1. The van der Waals surface area contributed by atoms with Crippen LogP contribution < -0.4 is 5.73 Å². The maximum absolute atomic E-state index is 12.2. The molecule has 1 aliphatic carbocycles. The highest BCUT2D eigenvalue weighted by molar-refractivity contribution is 5.76. The Labute approximate surface area is 105 Å². The summed E-state index contributed by atoms with van der Waals surface area (Å²) in [5.41, 5.74) is 5.71. The van der Waals surface area contributed by atoms with E-state index in [1.165, 1.54) is 38.5 Å². The highest BCUT2D eigenvalue weighted by Gasteiger charge is 2.25. The van der Waals surface area contributed by atoms with Crippen LogP contribution in [-0.4, -0.2) is 30.4 Å². The molecule has 2 aliphatic rings. The molecule has 2 N–H and O–H groups in total. The Kier molecular flexibility index (Phi) is 4.84. The van der Waals surface area contributed by atoms with Crippen LogP contribution >= 0.6 is 0 Å². The summed E-state index contributed by atoms with van der Waals surface area (Å²) in [5.74, 6) is 1.59. The Morgan fingerprint density at radius 1 is 1.06 bits per heavy atom. The van der Waals surface area contributed by atoms with Crippen LogP contribution in [0.5, 0.6) is 0 Å². The number of amides is 1. The molecule has 0 radical (unpaired) electrons. The summed E-state index contributed by atoms with van der Waals surface area (Å²) in [7, 11) is 0. The normalized spacial score (nSPS) is 27.1. The van der Waals surface area contributed by atoms with E-state index in [-0.39, 0.29) is 0 Å². The van der Waals surface area contributed by atoms with E-state index in [9.17, 15) is 4.79 Å². The zero-order valence-corrected chi connectivity index (χ0v) is 10.9.